The maximum absolute atomic E-state index is 12.8. The topological polar surface area (TPSA) is 48.4 Å². The van der Waals surface area contributed by atoms with E-state index in [9.17, 15) is 22.4 Å². The molecule has 0 aromatic carbocycles. The van der Waals surface area contributed by atoms with Crippen LogP contribution in [-0.4, -0.2) is 23.9 Å². The molecule has 0 saturated carbocycles. The van der Waals surface area contributed by atoms with Crippen molar-refractivity contribution in [2.75, 3.05) is 6.61 Å². The van der Waals surface area contributed by atoms with Crippen molar-refractivity contribution in [3.05, 3.63) is 21.0 Å². The van der Waals surface area contributed by atoms with E-state index in [0.29, 0.717) is 0 Å². The van der Waals surface area contributed by atoms with E-state index in [-0.39, 0.29) is 21.4 Å². The van der Waals surface area contributed by atoms with Crippen LogP contribution in [-0.2, 0) is 22.6 Å². The zero-order chi connectivity index (χ0) is 15.3. The van der Waals surface area contributed by atoms with E-state index in [1.165, 1.54) is 0 Å². The molecule has 0 aliphatic rings. The Kier molecular flexibility index (Phi) is 5.96. The molecule has 0 aliphatic carbocycles. The quantitative estimate of drug-likeness (QED) is 0.428. The number of rotatable bonds is 5. The van der Waals surface area contributed by atoms with E-state index >= 15 is 0 Å². The van der Waals surface area contributed by atoms with Gasteiger partial charge in [0.2, 0.25) is 0 Å². The van der Waals surface area contributed by atoms with Crippen LogP contribution in [0.25, 0.3) is 0 Å². The van der Waals surface area contributed by atoms with Gasteiger partial charge in [-0.3, -0.25) is 9.78 Å². The van der Waals surface area contributed by atoms with E-state index in [1.807, 2.05) is 0 Å². The van der Waals surface area contributed by atoms with Crippen LogP contribution in [0.15, 0.2) is 6.20 Å². The molecule has 0 atom stereocenters. The molecule has 0 aliphatic heterocycles. The van der Waals surface area contributed by atoms with Crippen molar-refractivity contribution >= 4 is 28.6 Å². The summed E-state index contributed by atoms with van der Waals surface area (Å²) in [6.07, 6.45) is -4.44. The Hall–Kier alpha value is -1.13. The summed E-state index contributed by atoms with van der Waals surface area (Å²) >= 11 is 1.57. The van der Waals surface area contributed by atoms with Crippen molar-refractivity contribution in [2.45, 2.75) is 26.4 Å². The van der Waals surface area contributed by atoms with Gasteiger partial charge in [0, 0.05) is 11.8 Å². The summed E-state index contributed by atoms with van der Waals surface area (Å²) in [5.74, 6) is -1.40. The van der Waals surface area contributed by atoms with Crippen molar-refractivity contribution in [1.82, 2.24) is 4.98 Å². The lowest BCUT2D eigenvalue weighted by atomic mass is 10.1. The number of ether oxygens (including phenoxy) is 2. The fourth-order valence-corrected chi connectivity index (χ4v) is 2.00. The number of nitrogens with zero attached hydrogens (tertiary/aromatic N) is 1. The molecule has 0 bridgehead atoms. The average molecular weight is 407 g/mol. The molecule has 0 unspecified atom stereocenters. The highest BCUT2D eigenvalue weighted by atomic mass is 127. The molecule has 1 aromatic rings. The SMILES string of the molecule is CCOC(=O)Cc1c(CF)ncc(I)c1OC(F)(F)F. The minimum atomic E-state index is -4.95. The Bertz CT molecular complexity index is 493. The lowest BCUT2D eigenvalue weighted by Crippen LogP contribution is -2.21. The second kappa shape index (κ2) is 7.04. The summed E-state index contributed by atoms with van der Waals surface area (Å²) in [7, 11) is 0. The molecule has 0 amide bonds. The Labute approximate surface area is 125 Å². The van der Waals surface area contributed by atoms with E-state index in [0.717, 1.165) is 6.20 Å². The van der Waals surface area contributed by atoms with Crippen LogP contribution in [0.5, 0.6) is 5.75 Å². The minimum Gasteiger partial charge on any atom is -0.466 e. The van der Waals surface area contributed by atoms with Gasteiger partial charge in [0.1, 0.15) is 12.4 Å². The molecule has 1 heterocycles. The van der Waals surface area contributed by atoms with Crippen LogP contribution in [0.2, 0.25) is 0 Å². The monoisotopic (exact) mass is 407 g/mol. The second-order valence-electron chi connectivity index (χ2n) is 3.52. The van der Waals surface area contributed by atoms with Gasteiger partial charge in [-0.15, -0.1) is 13.2 Å². The number of aromatic nitrogens is 1. The van der Waals surface area contributed by atoms with Crippen LogP contribution in [0, 0.1) is 3.57 Å². The van der Waals surface area contributed by atoms with Crippen molar-refractivity contribution in [3.63, 3.8) is 0 Å². The van der Waals surface area contributed by atoms with Crippen molar-refractivity contribution < 1.29 is 31.8 Å². The molecular weight excluding hydrogens is 397 g/mol. The molecule has 112 valence electrons. The van der Waals surface area contributed by atoms with Crippen LogP contribution >= 0.6 is 22.6 Å². The van der Waals surface area contributed by atoms with Gasteiger partial charge in [0.05, 0.1) is 22.3 Å². The first-order chi connectivity index (χ1) is 9.28. The van der Waals surface area contributed by atoms with Gasteiger partial charge in [0.15, 0.2) is 0 Å². The zero-order valence-electron chi connectivity index (χ0n) is 10.3. The smallest absolute Gasteiger partial charge is 0.466 e. The third-order valence-electron chi connectivity index (χ3n) is 2.14. The number of esters is 1. The maximum Gasteiger partial charge on any atom is 0.573 e. The Morgan fingerprint density at radius 2 is 2.10 bits per heavy atom. The predicted octanol–water partition coefficient (Wildman–Crippen LogP) is 3.16. The summed E-state index contributed by atoms with van der Waals surface area (Å²) in [5, 5.41) is 0. The minimum absolute atomic E-state index is 0.0245. The van der Waals surface area contributed by atoms with Crippen LogP contribution in [0.3, 0.4) is 0 Å². The van der Waals surface area contributed by atoms with E-state index in [2.05, 4.69) is 14.5 Å². The molecule has 1 aromatic heterocycles. The first kappa shape index (κ1) is 16.9. The number of halogens is 5. The van der Waals surface area contributed by atoms with Gasteiger partial charge in [-0.1, -0.05) is 0 Å². The number of alkyl halides is 4. The fraction of sp³-hybridized carbons (Fsp3) is 0.455. The third kappa shape index (κ3) is 4.76. The maximum atomic E-state index is 12.8. The molecule has 0 N–H and O–H groups in total. The van der Waals surface area contributed by atoms with Gasteiger partial charge in [-0.25, -0.2) is 4.39 Å². The van der Waals surface area contributed by atoms with Crippen LogP contribution < -0.4 is 4.74 Å². The molecule has 0 spiro atoms. The van der Waals surface area contributed by atoms with E-state index in [1.54, 1.807) is 29.5 Å². The first-order valence-electron chi connectivity index (χ1n) is 5.42. The molecule has 1 rings (SSSR count). The Morgan fingerprint density at radius 3 is 2.60 bits per heavy atom. The highest BCUT2D eigenvalue weighted by Gasteiger charge is 2.34. The molecular formula is C11H10F4INO3. The first-order valence-corrected chi connectivity index (χ1v) is 6.50. The van der Waals surface area contributed by atoms with E-state index in [4.69, 9.17) is 0 Å². The highest BCUT2D eigenvalue weighted by molar-refractivity contribution is 14.1. The average Bonchev–Trinajstić information content (AvgIpc) is 2.33. The van der Waals surface area contributed by atoms with Crippen LogP contribution in [0.1, 0.15) is 18.2 Å². The molecule has 20 heavy (non-hydrogen) atoms. The van der Waals surface area contributed by atoms with Crippen molar-refractivity contribution in [3.8, 4) is 5.75 Å². The largest absolute Gasteiger partial charge is 0.573 e. The predicted molar refractivity (Wildman–Crippen MR) is 68.8 cm³/mol. The van der Waals surface area contributed by atoms with Gasteiger partial charge >= 0.3 is 12.3 Å². The normalized spacial score (nSPS) is 11.3. The second-order valence-corrected chi connectivity index (χ2v) is 4.69. The summed E-state index contributed by atoms with van der Waals surface area (Å²) in [6, 6.07) is 0. The summed E-state index contributed by atoms with van der Waals surface area (Å²) in [6.45, 7) is 0.505. The highest BCUT2D eigenvalue weighted by Crippen LogP contribution is 2.33. The Morgan fingerprint density at radius 1 is 1.45 bits per heavy atom. The molecule has 0 saturated heterocycles. The Balaban J connectivity index is 3.21. The molecule has 0 fully saturated rings. The van der Waals surface area contributed by atoms with Gasteiger partial charge in [-0.05, 0) is 29.5 Å². The lowest BCUT2D eigenvalue weighted by molar-refractivity contribution is -0.275. The lowest BCUT2D eigenvalue weighted by Gasteiger charge is -2.16. The molecule has 4 nitrogen and oxygen atoms in total. The zero-order valence-corrected chi connectivity index (χ0v) is 12.4. The molecule has 0 radical (unpaired) electrons. The summed E-state index contributed by atoms with van der Waals surface area (Å²) in [4.78, 5) is 15.1. The van der Waals surface area contributed by atoms with Gasteiger partial charge < -0.3 is 9.47 Å². The fourth-order valence-electron chi connectivity index (χ4n) is 1.43. The number of carbonyl (C=O) groups is 1. The number of hydrogen-bond donors (Lipinski definition) is 0. The number of carbonyl (C=O) groups excluding carboxylic acids is 1. The number of pyridine rings is 1. The van der Waals surface area contributed by atoms with Gasteiger partial charge in [0.25, 0.3) is 0 Å². The van der Waals surface area contributed by atoms with Gasteiger partial charge in [-0.2, -0.15) is 0 Å². The summed E-state index contributed by atoms with van der Waals surface area (Å²) in [5.41, 5.74) is -0.534. The number of hydrogen-bond acceptors (Lipinski definition) is 4. The van der Waals surface area contributed by atoms with E-state index < -0.39 is 31.2 Å². The summed E-state index contributed by atoms with van der Waals surface area (Å²) < 4.78 is 58.4. The molecule has 9 heteroatoms. The van der Waals surface area contributed by atoms with Crippen LogP contribution in [0.4, 0.5) is 17.6 Å². The standard InChI is InChI=1S/C11H10F4INO3/c1-2-19-9(18)3-6-8(4-12)17-5-7(16)10(6)20-11(13,14)15/h5H,2-4H2,1H3. The van der Waals surface area contributed by atoms with Crippen molar-refractivity contribution in [2.24, 2.45) is 0 Å². The van der Waals surface area contributed by atoms with Crippen molar-refractivity contribution in [1.29, 1.82) is 0 Å². The third-order valence-corrected chi connectivity index (χ3v) is 2.91.